The van der Waals surface area contributed by atoms with Crippen molar-refractivity contribution in [1.29, 1.82) is 0 Å². The van der Waals surface area contributed by atoms with E-state index in [0.717, 1.165) is 0 Å². The van der Waals surface area contributed by atoms with Crippen molar-refractivity contribution in [2.75, 3.05) is 0 Å². The predicted molar refractivity (Wildman–Crippen MR) is 45.0 cm³/mol. The monoisotopic (exact) mass is 238 g/mol. The van der Waals surface area contributed by atoms with E-state index in [-0.39, 0.29) is 32.7 Å². The van der Waals surface area contributed by atoms with Gasteiger partial charge in [-0.15, -0.1) is 0 Å². The Balaban J connectivity index is 0. The van der Waals surface area contributed by atoms with Gasteiger partial charge in [-0.25, -0.2) is 0 Å². The Morgan fingerprint density at radius 3 is 1.92 bits per heavy atom. The number of hydrogen-bond donors (Lipinski definition) is 0. The molecule has 1 rings (SSSR count). The minimum absolute atomic E-state index is 0. The minimum Gasteiger partial charge on any atom is -0.668 e. The second kappa shape index (κ2) is 8.89. The van der Waals surface area contributed by atoms with Crippen LogP contribution >= 0.6 is 0 Å². The molecule has 0 aliphatic carbocycles. The molecule has 0 saturated heterocycles. The second-order valence-electron chi connectivity index (χ2n) is 2.13. The molecule has 0 saturated carbocycles. The van der Waals surface area contributed by atoms with E-state index in [1.165, 1.54) is 12.5 Å². The number of nitrogens with one attached hydrogen (secondary N) is 1. The summed E-state index contributed by atoms with van der Waals surface area (Å²) in [5.41, 5.74) is 7.23. The van der Waals surface area contributed by atoms with Crippen molar-refractivity contribution in [3.8, 4) is 0 Å². The smallest absolute Gasteiger partial charge is 0.0456 e. The molecule has 63 valence electrons. The molecule has 0 aliphatic heterocycles. The molecule has 0 fully saturated rings. The van der Waals surface area contributed by atoms with Crippen molar-refractivity contribution < 1.29 is 37.5 Å². The molecule has 1 aromatic rings. The van der Waals surface area contributed by atoms with E-state index in [9.17, 15) is 0 Å². The number of carbonyl (C=O) groups is 1. The molecule has 3 heteroatoms. The summed E-state index contributed by atoms with van der Waals surface area (Å²) in [5, 5.41) is 0. The van der Waals surface area contributed by atoms with E-state index in [0.29, 0.717) is 0 Å². The van der Waals surface area contributed by atoms with Crippen molar-refractivity contribution in [3.05, 3.63) is 41.6 Å². The van der Waals surface area contributed by atoms with Gasteiger partial charge >= 0.3 is 0 Å². The molecule has 0 atom stereocenters. The van der Waals surface area contributed by atoms with Gasteiger partial charge in [0.1, 0.15) is 0 Å². The van der Waals surface area contributed by atoms with E-state index >= 15 is 0 Å². The van der Waals surface area contributed by atoms with Crippen LogP contribution in [-0.2, 0) is 37.5 Å². The maximum atomic E-state index is 9.11. The third-order valence-electron chi connectivity index (χ3n) is 0.885. The fourth-order valence-electron chi connectivity index (χ4n) is 0.470. The Bertz CT molecular complexity index is 207. The zero-order chi connectivity index (χ0) is 8.69. The molecule has 1 amide bonds. The molecule has 1 radical (unpaired) electrons. The van der Waals surface area contributed by atoms with Crippen LogP contribution in [0.4, 0.5) is 0 Å². The Morgan fingerprint density at radius 1 is 1.42 bits per heavy atom. The molecule has 0 unspecified atom stereocenters. The summed E-state index contributed by atoms with van der Waals surface area (Å²) >= 11 is 0. The van der Waals surface area contributed by atoms with Crippen molar-refractivity contribution in [2.24, 2.45) is 0 Å². The van der Waals surface area contributed by atoms with E-state index in [4.69, 9.17) is 10.5 Å². The zero-order valence-corrected chi connectivity index (χ0v) is 10.1. The van der Waals surface area contributed by atoms with E-state index < -0.39 is 5.91 Å². The van der Waals surface area contributed by atoms with Crippen molar-refractivity contribution in [2.45, 2.75) is 13.8 Å². The first kappa shape index (κ1) is 14.3. The molecule has 0 bridgehead atoms. The first-order chi connectivity index (χ1) is 5.13. The molecule has 0 heterocycles. The van der Waals surface area contributed by atoms with Gasteiger partial charge in [-0.1, -0.05) is 6.92 Å². The van der Waals surface area contributed by atoms with Crippen LogP contribution in [0.2, 0.25) is 0 Å². The summed E-state index contributed by atoms with van der Waals surface area (Å²) in [7, 11) is 0. The Hall–Kier alpha value is -0.206. The van der Waals surface area contributed by atoms with Crippen LogP contribution in [0.5, 0.6) is 0 Å². The molecule has 0 aliphatic rings. The van der Waals surface area contributed by atoms with Crippen molar-refractivity contribution in [1.82, 2.24) is 0 Å². The Labute approximate surface area is 98.4 Å². The molecule has 2 nitrogen and oxygen atoms in total. The van der Waals surface area contributed by atoms with Gasteiger partial charge in [0.15, 0.2) is 0 Å². The first-order valence-corrected chi connectivity index (χ1v) is 3.28. The van der Waals surface area contributed by atoms with Gasteiger partial charge in [0.25, 0.3) is 0 Å². The number of amides is 1. The summed E-state index contributed by atoms with van der Waals surface area (Å²) in [4.78, 5) is 9.11. The summed E-state index contributed by atoms with van der Waals surface area (Å²) < 4.78 is 0. The Kier molecular flexibility index (Phi) is 10.6. The quantitative estimate of drug-likeness (QED) is 0.639. The van der Waals surface area contributed by atoms with Crippen molar-refractivity contribution >= 4 is 5.91 Å². The second-order valence-corrected chi connectivity index (χ2v) is 2.13. The van der Waals surface area contributed by atoms with Gasteiger partial charge in [-0.3, -0.25) is 0 Å². The average Bonchev–Trinajstić information content (AvgIpc) is 1.87. The van der Waals surface area contributed by atoms with E-state index in [1.807, 2.05) is 24.3 Å². The largest absolute Gasteiger partial charge is 0.668 e. The number of carbonyl (C=O) groups excluding carboxylic acids is 1. The van der Waals surface area contributed by atoms with Crippen LogP contribution in [0, 0.1) is 13.0 Å². The normalized spacial score (nSPS) is 7.17. The average molecular weight is 238 g/mol. The molecule has 0 aromatic heterocycles. The number of rotatable bonds is 0. The molecule has 1 N–H and O–H groups in total. The summed E-state index contributed by atoms with van der Waals surface area (Å²) in [6.45, 7) is 3.26. The predicted octanol–water partition coefficient (Wildman–Crippen LogP) is 2.38. The van der Waals surface area contributed by atoms with Gasteiger partial charge in [0.05, 0.1) is 0 Å². The van der Waals surface area contributed by atoms with Crippen LogP contribution < -0.4 is 0 Å². The third kappa shape index (κ3) is 12.5. The summed E-state index contributed by atoms with van der Waals surface area (Å²) in [5.74, 6) is -0.583. The number of aryl methyl sites for hydroxylation is 1. The van der Waals surface area contributed by atoms with Crippen LogP contribution in [-0.4, -0.2) is 5.91 Å². The molecule has 0 spiro atoms. The summed E-state index contributed by atoms with van der Waals surface area (Å²) in [6, 6.07) is 10.8. The van der Waals surface area contributed by atoms with E-state index in [2.05, 4.69) is 13.0 Å². The number of hydrogen-bond acceptors (Lipinski definition) is 1. The summed E-state index contributed by atoms with van der Waals surface area (Å²) in [6.07, 6.45) is 0. The van der Waals surface area contributed by atoms with Gasteiger partial charge in [0.2, 0.25) is 0 Å². The standard InChI is InChI=1S/C7H7.C2H5NO.Y/c1-7-5-3-2-4-6-7;1-2(3)4;/h3-6H,1H3;1H3,(H2,3,4);/q-1;;/p-1. The van der Waals surface area contributed by atoms with Gasteiger partial charge in [0, 0.05) is 38.6 Å². The fraction of sp³-hybridized carbons (Fsp3) is 0.222. The van der Waals surface area contributed by atoms with Gasteiger partial charge in [-0.2, -0.15) is 35.9 Å². The molecule has 1 aromatic carbocycles. The first-order valence-electron chi connectivity index (χ1n) is 3.28. The van der Waals surface area contributed by atoms with Crippen LogP contribution in [0.1, 0.15) is 12.5 Å². The maximum absolute atomic E-state index is 9.11. The van der Waals surface area contributed by atoms with Gasteiger partial charge in [-0.05, 0) is 6.92 Å². The van der Waals surface area contributed by atoms with Gasteiger partial charge < -0.3 is 10.5 Å². The van der Waals surface area contributed by atoms with Crippen LogP contribution in [0.15, 0.2) is 24.3 Å². The topological polar surface area (TPSA) is 40.9 Å². The third-order valence-corrected chi connectivity index (χ3v) is 0.885. The molecular weight excluding hydrogens is 227 g/mol. The maximum Gasteiger partial charge on any atom is 0.0456 e. The van der Waals surface area contributed by atoms with Crippen LogP contribution in [0.25, 0.3) is 5.73 Å². The zero-order valence-electron chi connectivity index (χ0n) is 7.29. The van der Waals surface area contributed by atoms with E-state index in [1.54, 1.807) is 0 Å². The SMILES string of the molecule is CC([NH-])=O.Cc1cc[c-]cc1.[Y]. The van der Waals surface area contributed by atoms with Crippen molar-refractivity contribution in [3.63, 3.8) is 0 Å². The van der Waals surface area contributed by atoms with Crippen LogP contribution in [0.3, 0.4) is 0 Å². The molecule has 12 heavy (non-hydrogen) atoms. The Morgan fingerprint density at radius 2 is 1.75 bits per heavy atom. The number of benzene rings is 1. The fourth-order valence-corrected chi connectivity index (χ4v) is 0.470. The molecular formula is C9H11NOY-2. The minimum atomic E-state index is -0.583.